The summed E-state index contributed by atoms with van der Waals surface area (Å²) in [5.74, 6) is -0.593. The summed E-state index contributed by atoms with van der Waals surface area (Å²) in [5, 5.41) is 8.75. The number of nitrogens with zero attached hydrogens (tertiary/aromatic N) is 3. The molecule has 0 unspecified atom stereocenters. The molecule has 4 rings (SSSR count). The van der Waals surface area contributed by atoms with Crippen molar-refractivity contribution >= 4 is 22.1 Å². The van der Waals surface area contributed by atoms with Gasteiger partial charge in [-0.05, 0) is 44.2 Å². The first-order chi connectivity index (χ1) is 16.8. The maximum Gasteiger partial charge on any atom is 0.255 e. The molecule has 0 bridgehead atoms. The van der Waals surface area contributed by atoms with Crippen LogP contribution in [0, 0.1) is 13.8 Å². The van der Waals surface area contributed by atoms with Crippen LogP contribution < -0.4 is 10.1 Å². The second-order valence-corrected chi connectivity index (χ2v) is 9.78. The average Bonchev–Trinajstić information content (AvgIpc) is 3.28. The Kier molecular flexibility index (Phi) is 7.19. The highest BCUT2D eigenvalue weighted by Crippen LogP contribution is 2.23. The van der Waals surface area contributed by atoms with Crippen molar-refractivity contribution in [3.8, 4) is 16.9 Å². The lowest BCUT2D eigenvalue weighted by molar-refractivity contribution is -0.119. The maximum atomic E-state index is 12.4. The lowest BCUT2D eigenvalue weighted by Gasteiger charge is -2.06. The highest BCUT2D eigenvalue weighted by atomic mass is 32.2. The van der Waals surface area contributed by atoms with Gasteiger partial charge in [-0.2, -0.15) is 10.2 Å². The fourth-order valence-electron chi connectivity index (χ4n) is 3.39. The smallest absolute Gasteiger partial charge is 0.255 e. The summed E-state index contributed by atoms with van der Waals surface area (Å²) in [6.45, 7) is 3.42. The Bertz CT molecular complexity index is 1460. The predicted molar refractivity (Wildman–Crippen MR) is 136 cm³/mol. The molecule has 0 saturated heterocycles. The SMILES string of the molecule is Cc1ccc(S(=O)(=O)NCC(=O)N/N=C\c2cn(-c3ccccc3)nc2-c2cccc(C)c2)cc1. The fourth-order valence-corrected chi connectivity index (χ4v) is 4.37. The maximum absolute atomic E-state index is 12.4. The van der Waals surface area contributed by atoms with Crippen LogP contribution in [0.2, 0.25) is 0 Å². The first kappa shape index (κ1) is 24.1. The van der Waals surface area contributed by atoms with E-state index in [9.17, 15) is 13.2 Å². The van der Waals surface area contributed by atoms with Crippen molar-refractivity contribution in [2.75, 3.05) is 6.54 Å². The van der Waals surface area contributed by atoms with Gasteiger partial charge in [0.2, 0.25) is 10.0 Å². The van der Waals surface area contributed by atoms with Crippen molar-refractivity contribution in [2.24, 2.45) is 5.10 Å². The van der Waals surface area contributed by atoms with E-state index in [1.165, 1.54) is 18.3 Å². The Hall–Kier alpha value is -4.08. The summed E-state index contributed by atoms with van der Waals surface area (Å²) in [4.78, 5) is 12.3. The van der Waals surface area contributed by atoms with Gasteiger partial charge in [0.25, 0.3) is 5.91 Å². The van der Waals surface area contributed by atoms with E-state index < -0.39 is 22.5 Å². The molecule has 35 heavy (non-hydrogen) atoms. The second-order valence-electron chi connectivity index (χ2n) is 8.01. The molecule has 2 N–H and O–H groups in total. The van der Waals surface area contributed by atoms with Gasteiger partial charge in [0.15, 0.2) is 0 Å². The minimum Gasteiger partial charge on any atom is -0.272 e. The van der Waals surface area contributed by atoms with E-state index in [0.29, 0.717) is 11.3 Å². The molecule has 0 saturated carbocycles. The zero-order valence-corrected chi connectivity index (χ0v) is 20.2. The summed E-state index contributed by atoms with van der Waals surface area (Å²) in [6.07, 6.45) is 3.32. The number of rotatable bonds is 8. The third-order valence-corrected chi connectivity index (χ3v) is 6.62. The van der Waals surface area contributed by atoms with Gasteiger partial charge in [-0.15, -0.1) is 0 Å². The molecule has 178 valence electrons. The molecule has 0 aliphatic heterocycles. The van der Waals surface area contributed by atoms with Crippen LogP contribution in [0.15, 0.2) is 95.1 Å². The van der Waals surface area contributed by atoms with E-state index >= 15 is 0 Å². The number of carbonyl (C=O) groups is 1. The molecule has 0 aliphatic carbocycles. The van der Waals surface area contributed by atoms with E-state index in [0.717, 1.165) is 22.4 Å². The Balaban J connectivity index is 1.48. The molecule has 0 aliphatic rings. The van der Waals surface area contributed by atoms with Crippen LogP contribution in [0.5, 0.6) is 0 Å². The number of aromatic nitrogens is 2. The predicted octanol–water partition coefficient (Wildman–Crippen LogP) is 3.58. The van der Waals surface area contributed by atoms with Gasteiger partial charge in [-0.3, -0.25) is 4.79 Å². The number of amides is 1. The van der Waals surface area contributed by atoms with Crippen LogP contribution in [-0.2, 0) is 14.8 Å². The lowest BCUT2D eigenvalue weighted by Crippen LogP contribution is -2.34. The van der Waals surface area contributed by atoms with Crippen LogP contribution in [-0.4, -0.2) is 36.9 Å². The summed E-state index contributed by atoms with van der Waals surface area (Å²) in [7, 11) is -3.80. The molecule has 0 atom stereocenters. The molecular weight excluding hydrogens is 462 g/mol. The van der Waals surface area contributed by atoms with E-state index in [1.54, 1.807) is 16.8 Å². The number of sulfonamides is 1. The van der Waals surface area contributed by atoms with Crippen LogP contribution >= 0.6 is 0 Å². The van der Waals surface area contributed by atoms with Crippen LogP contribution in [0.25, 0.3) is 16.9 Å². The quantitative estimate of drug-likeness (QED) is 0.293. The Morgan fingerprint density at radius 1 is 0.971 bits per heavy atom. The van der Waals surface area contributed by atoms with Gasteiger partial charge >= 0.3 is 0 Å². The van der Waals surface area contributed by atoms with Gasteiger partial charge in [0, 0.05) is 17.3 Å². The molecule has 9 heteroatoms. The molecule has 4 aromatic rings. The Labute approximate surface area is 204 Å². The first-order valence-corrected chi connectivity index (χ1v) is 12.4. The summed E-state index contributed by atoms with van der Waals surface area (Å²) in [6, 6.07) is 24.0. The van der Waals surface area contributed by atoms with E-state index in [2.05, 4.69) is 15.2 Å². The van der Waals surface area contributed by atoms with E-state index in [4.69, 9.17) is 5.10 Å². The summed E-state index contributed by atoms with van der Waals surface area (Å²) in [5.41, 5.74) is 7.60. The minimum absolute atomic E-state index is 0.0931. The topological polar surface area (TPSA) is 105 Å². The molecule has 0 spiro atoms. The largest absolute Gasteiger partial charge is 0.272 e. The first-order valence-electron chi connectivity index (χ1n) is 10.9. The third-order valence-electron chi connectivity index (χ3n) is 5.20. The number of hydrogen-bond donors (Lipinski definition) is 2. The normalized spacial score (nSPS) is 11.6. The number of hydrazone groups is 1. The molecule has 0 radical (unpaired) electrons. The molecule has 8 nitrogen and oxygen atoms in total. The number of aryl methyl sites for hydroxylation is 2. The Morgan fingerprint density at radius 2 is 1.71 bits per heavy atom. The fraction of sp³-hybridized carbons (Fsp3) is 0.115. The number of para-hydroxylation sites is 1. The highest BCUT2D eigenvalue weighted by Gasteiger charge is 2.15. The van der Waals surface area contributed by atoms with E-state index in [-0.39, 0.29) is 4.90 Å². The molecule has 1 heterocycles. The Morgan fingerprint density at radius 3 is 2.43 bits per heavy atom. The standard InChI is InChI=1S/C26H25N5O3S/c1-19-11-13-24(14-12-19)35(33,34)28-17-25(32)29-27-16-22-18-31(23-9-4-3-5-10-23)30-26(22)21-8-6-7-20(2)15-21/h3-16,18,28H,17H2,1-2H3,(H,29,32)/b27-16-. The van der Waals surface area contributed by atoms with Crippen molar-refractivity contribution in [3.05, 3.63) is 102 Å². The van der Waals surface area contributed by atoms with Crippen molar-refractivity contribution < 1.29 is 13.2 Å². The van der Waals surface area contributed by atoms with Gasteiger partial charge < -0.3 is 0 Å². The van der Waals surface area contributed by atoms with Gasteiger partial charge in [0.1, 0.15) is 5.69 Å². The van der Waals surface area contributed by atoms with Crippen molar-refractivity contribution in [2.45, 2.75) is 18.7 Å². The van der Waals surface area contributed by atoms with E-state index in [1.807, 2.05) is 74.6 Å². The molecule has 0 fully saturated rings. The average molecular weight is 488 g/mol. The van der Waals surface area contributed by atoms with Gasteiger partial charge in [0.05, 0.1) is 23.3 Å². The molecular formula is C26H25N5O3S. The number of benzene rings is 3. The van der Waals surface area contributed by atoms with Crippen molar-refractivity contribution in [1.29, 1.82) is 0 Å². The van der Waals surface area contributed by atoms with Crippen LogP contribution in [0.3, 0.4) is 0 Å². The van der Waals surface area contributed by atoms with Gasteiger partial charge in [-0.25, -0.2) is 23.2 Å². The van der Waals surface area contributed by atoms with Crippen LogP contribution in [0.1, 0.15) is 16.7 Å². The number of hydrogen-bond acceptors (Lipinski definition) is 5. The monoisotopic (exact) mass is 487 g/mol. The van der Waals surface area contributed by atoms with Crippen molar-refractivity contribution in [3.63, 3.8) is 0 Å². The summed E-state index contributed by atoms with van der Waals surface area (Å²) >= 11 is 0. The van der Waals surface area contributed by atoms with Crippen LogP contribution in [0.4, 0.5) is 0 Å². The molecule has 1 amide bonds. The van der Waals surface area contributed by atoms with Gasteiger partial charge in [-0.1, -0.05) is 59.7 Å². The second kappa shape index (κ2) is 10.5. The number of nitrogens with one attached hydrogen (secondary N) is 2. The lowest BCUT2D eigenvalue weighted by atomic mass is 10.1. The molecule has 3 aromatic carbocycles. The number of carbonyl (C=O) groups excluding carboxylic acids is 1. The summed E-state index contributed by atoms with van der Waals surface area (Å²) < 4.78 is 28.8. The minimum atomic E-state index is -3.80. The zero-order chi connectivity index (χ0) is 24.8. The van der Waals surface area contributed by atoms with Crippen molar-refractivity contribution in [1.82, 2.24) is 19.9 Å². The highest BCUT2D eigenvalue weighted by molar-refractivity contribution is 7.89. The molecule has 1 aromatic heterocycles. The zero-order valence-electron chi connectivity index (χ0n) is 19.3. The third kappa shape index (κ3) is 6.08.